The van der Waals surface area contributed by atoms with Gasteiger partial charge in [0.05, 0.1) is 6.54 Å². The molecule has 1 aliphatic heterocycles. The molecule has 1 aliphatic rings. The van der Waals surface area contributed by atoms with Gasteiger partial charge in [-0.3, -0.25) is 9.59 Å². The number of carbonyl (C=O) groups excluding carboxylic acids is 2. The van der Waals surface area contributed by atoms with Crippen molar-refractivity contribution in [1.82, 2.24) is 20.2 Å². The number of pyridine rings is 2. The summed E-state index contributed by atoms with van der Waals surface area (Å²) >= 11 is 0. The summed E-state index contributed by atoms with van der Waals surface area (Å²) in [7, 11) is 0. The lowest BCUT2D eigenvalue weighted by molar-refractivity contribution is -0.116. The minimum atomic E-state index is -2.76. The molecule has 2 aromatic carbocycles. The van der Waals surface area contributed by atoms with Crippen molar-refractivity contribution in [2.24, 2.45) is 0 Å². The van der Waals surface area contributed by atoms with Gasteiger partial charge in [-0.2, -0.15) is 13.8 Å². The Morgan fingerprint density at radius 3 is 2.41 bits per heavy atom. The molecule has 0 atom stereocenters. The molecule has 0 saturated carbocycles. The van der Waals surface area contributed by atoms with Gasteiger partial charge in [0.1, 0.15) is 17.2 Å². The number of nitrogen functional groups attached to an aromatic ring is 1. The predicted molar refractivity (Wildman–Crippen MR) is 164 cm³/mol. The molecule has 0 bridgehead atoms. The number of anilines is 1. The number of carbonyl (C=O) groups is 2. The highest BCUT2D eigenvalue weighted by atomic mass is 19.3. The van der Waals surface area contributed by atoms with Crippen molar-refractivity contribution in [1.29, 1.82) is 0 Å². The summed E-state index contributed by atoms with van der Waals surface area (Å²) in [6, 6.07) is 17.5. The Morgan fingerprint density at radius 1 is 0.957 bits per heavy atom. The van der Waals surface area contributed by atoms with Gasteiger partial charge in [0, 0.05) is 60.3 Å². The second-order valence-corrected chi connectivity index (χ2v) is 10.9. The molecule has 8 nitrogen and oxygen atoms in total. The Labute approximate surface area is 260 Å². The highest BCUT2D eigenvalue weighted by Gasteiger charge is 2.35. The lowest BCUT2D eigenvalue weighted by Crippen LogP contribution is -2.42. The number of nitrogens with zero attached hydrogens (tertiary/aromatic N) is 3. The van der Waals surface area contributed by atoms with Crippen LogP contribution < -0.4 is 11.1 Å². The minimum Gasteiger partial charge on any atom is -0.459 e. The average Bonchev–Trinajstić information content (AvgIpc) is 3.46. The second kappa shape index (κ2) is 12.5. The fourth-order valence-corrected chi connectivity index (χ4v) is 5.22. The molecule has 0 radical (unpaired) electrons. The Bertz CT molecular complexity index is 1950. The first-order valence-corrected chi connectivity index (χ1v) is 14.4. The number of hydrogen-bond donors (Lipinski definition) is 2. The van der Waals surface area contributed by atoms with Crippen LogP contribution in [0.1, 0.15) is 34.5 Å². The first-order chi connectivity index (χ1) is 22.0. The van der Waals surface area contributed by atoms with E-state index < -0.39 is 17.8 Å². The zero-order chi connectivity index (χ0) is 32.4. The average molecular weight is 630 g/mol. The zero-order valence-electron chi connectivity index (χ0n) is 24.3. The number of rotatable bonds is 7. The van der Waals surface area contributed by atoms with E-state index in [9.17, 15) is 27.2 Å². The van der Waals surface area contributed by atoms with Gasteiger partial charge in [-0.1, -0.05) is 12.1 Å². The molecule has 0 aliphatic carbocycles. The van der Waals surface area contributed by atoms with Gasteiger partial charge in [0.25, 0.3) is 11.8 Å². The van der Waals surface area contributed by atoms with Crippen molar-refractivity contribution in [3.63, 3.8) is 0 Å². The number of aromatic nitrogens is 2. The van der Waals surface area contributed by atoms with Gasteiger partial charge in [-0.05, 0) is 77.4 Å². The lowest BCUT2D eigenvalue weighted by atomic mass is 9.96. The molecule has 2 amide bonds. The molecule has 5 aromatic rings. The first-order valence-electron chi connectivity index (χ1n) is 14.4. The third-order valence-corrected chi connectivity index (χ3v) is 7.69. The third-order valence-electron chi connectivity index (χ3n) is 7.69. The number of piperidine rings is 1. The molecule has 1 saturated heterocycles. The maximum absolute atomic E-state index is 14.9. The van der Waals surface area contributed by atoms with Crippen LogP contribution in [0.2, 0.25) is 0 Å². The number of nitrogens with one attached hydrogen (secondary N) is 1. The summed E-state index contributed by atoms with van der Waals surface area (Å²) in [4.78, 5) is 34.1. The maximum Gasteiger partial charge on any atom is 0.253 e. The van der Waals surface area contributed by atoms with E-state index in [0.717, 1.165) is 6.07 Å². The van der Waals surface area contributed by atoms with Crippen LogP contribution in [0, 0.1) is 11.9 Å². The van der Waals surface area contributed by atoms with Gasteiger partial charge < -0.3 is 20.4 Å². The van der Waals surface area contributed by atoms with E-state index in [1.54, 1.807) is 60.7 Å². The Hall–Kier alpha value is -5.52. The van der Waals surface area contributed by atoms with Crippen LogP contribution in [0.15, 0.2) is 83.4 Å². The molecule has 0 spiro atoms. The van der Waals surface area contributed by atoms with E-state index in [2.05, 4.69) is 15.3 Å². The third kappa shape index (κ3) is 6.75. The van der Waals surface area contributed by atoms with E-state index in [4.69, 9.17) is 10.2 Å². The number of nitrogens with two attached hydrogens (primary N) is 1. The van der Waals surface area contributed by atoms with Crippen molar-refractivity contribution in [2.75, 3.05) is 18.8 Å². The molecule has 12 heteroatoms. The van der Waals surface area contributed by atoms with Crippen LogP contribution in [0.5, 0.6) is 0 Å². The standard InChI is InChI=1S/C34H27F4N5O3/c35-28-8-7-26(32(36)42-28)27-17-23(21-3-5-22(6-4-21)33(45)43-13-11-34(37,38)12-14-43)15-24-16-25(46-31(24)27)19-41-30(44)10-2-20-1-9-29(39)40-18-20/h1-10,15-18H,11-14,19H2,(H2,39,40)(H,41,44). The predicted octanol–water partition coefficient (Wildman–Crippen LogP) is 6.62. The summed E-state index contributed by atoms with van der Waals surface area (Å²) in [5.41, 5.74) is 8.56. The SMILES string of the molecule is Nc1ccc(C=CC(=O)NCc2cc3cc(-c4ccc(C(=O)N5CCC(F)(F)CC5)cc4)cc(-c4ccc(F)nc4F)c3o2)cn1. The van der Waals surface area contributed by atoms with Crippen LogP contribution in [-0.2, 0) is 11.3 Å². The van der Waals surface area contributed by atoms with Crippen molar-refractivity contribution in [3.8, 4) is 22.3 Å². The van der Waals surface area contributed by atoms with E-state index in [1.807, 2.05) is 0 Å². The van der Waals surface area contributed by atoms with E-state index >= 15 is 0 Å². The molecular weight excluding hydrogens is 602 g/mol. The largest absolute Gasteiger partial charge is 0.459 e. The quantitative estimate of drug-likeness (QED) is 0.119. The normalized spacial score (nSPS) is 14.6. The number of likely N-dealkylation sites (tertiary alicyclic amines) is 1. The molecule has 3 N–H and O–H groups in total. The summed E-state index contributed by atoms with van der Waals surface area (Å²) in [6.07, 6.45) is 3.71. The summed E-state index contributed by atoms with van der Waals surface area (Å²) in [5.74, 6) is -4.74. The molecule has 6 rings (SSSR count). The van der Waals surface area contributed by atoms with Crippen molar-refractivity contribution < 1.29 is 31.6 Å². The van der Waals surface area contributed by atoms with E-state index in [0.29, 0.717) is 50.4 Å². The number of hydrogen-bond acceptors (Lipinski definition) is 6. The maximum atomic E-state index is 14.9. The second-order valence-electron chi connectivity index (χ2n) is 10.9. The molecule has 46 heavy (non-hydrogen) atoms. The Morgan fingerprint density at radius 2 is 1.72 bits per heavy atom. The fraction of sp³-hybridized carbons (Fsp3) is 0.176. The highest BCUT2D eigenvalue weighted by molar-refractivity contribution is 5.98. The van der Waals surface area contributed by atoms with Gasteiger partial charge in [0.2, 0.25) is 17.8 Å². The highest BCUT2D eigenvalue weighted by Crippen LogP contribution is 2.37. The summed E-state index contributed by atoms with van der Waals surface area (Å²) in [6.45, 7) is -0.0228. The number of fused-ring (bicyclic) bond motifs is 1. The number of halogens is 4. The van der Waals surface area contributed by atoms with Crippen LogP contribution >= 0.6 is 0 Å². The summed E-state index contributed by atoms with van der Waals surface area (Å²) in [5, 5.41) is 3.32. The van der Waals surface area contributed by atoms with Crippen molar-refractivity contribution in [2.45, 2.75) is 25.3 Å². The van der Waals surface area contributed by atoms with Gasteiger partial charge >= 0.3 is 0 Å². The molecular formula is C34H27F4N5O3. The van der Waals surface area contributed by atoms with E-state index in [-0.39, 0.29) is 49.9 Å². The van der Waals surface area contributed by atoms with Crippen LogP contribution in [0.4, 0.5) is 23.4 Å². The van der Waals surface area contributed by atoms with Gasteiger partial charge in [-0.15, -0.1) is 0 Å². The monoisotopic (exact) mass is 629 g/mol. The topological polar surface area (TPSA) is 114 Å². The molecule has 0 unspecified atom stereocenters. The van der Waals surface area contributed by atoms with Gasteiger partial charge in [-0.25, -0.2) is 13.8 Å². The zero-order valence-corrected chi connectivity index (χ0v) is 24.3. The van der Waals surface area contributed by atoms with Crippen molar-refractivity contribution in [3.05, 3.63) is 108 Å². The minimum absolute atomic E-state index is 0.00641. The lowest BCUT2D eigenvalue weighted by Gasteiger charge is -2.31. The number of furan rings is 1. The number of benzene rings is 2. The number of amides is 2. The molecule has 4 heterocycles. The fourth-order valence-electron chi connectivity index (χ4n) is 5.22. The first kappa shape index (κ1) is 30.5. The molecule has 234 valence electrons. The van der Waals surface area contributed by atoms with Crippen LogP contribution in [0.25, 0.3) is 39.3 Å². The van der Waals surface area contributed by atoms with Crippen LogP contribution in [0.3, 0.4) is 0 Å². The van der Waals surface area contributed by atoms with E-state index in [1.165, 1.54) is 23.2 Å². The Kier molecular flexibility index (Phi) is 8.27. The Balaban J connectivity index is 1.27. The smallest absolute Gasteiger partial charge is 0.253 e. The van der Waals surface area contributed by atoms with Gasteiger partial charge in [0.15, 0.2) is 0 Å². The summed E-state index contributed by atoms with van der Waals surface area (Å²) < 4.78 is 61.7. The number of alkyl halides is 2. The van der Waals surface area contributed by atoms with Crippen molar-refractivity contribution >= 4 is 34.7 Å². The molecule has 1 fully saturated rings. The van der Waals surface area contributed by atoms with Crippen LogP contribution in [-0.4, -0.2) is 45.7 Å². The molecule has 3 aromatic heterocycles.